The van der Waals surface area contributed by atoms with Gasteiger partial charge in [0.25, 0.3) is 0 Å². The molecule has 17 heavy (non-hydrogen) atoms. The van der Waals surface area contributed by atoms with E-state index in [2.05, 4.69) is 9.59 Å². The average molecular weight is 248 g/mol. The predicted octanol–water partition coefficient (Wildman–Crippen LogP) is 2.77. The SMILES string of the molecule is CC(C)OC(=O)c1snnc1-c1ccccc1. The number of carbonyl (C=O) groups excluding carboxylic acids is 1. The van der Waals surface area contributed by atoms with E-state index in [-0.39, 0.29) is 12.1 Å². The third-order valence-electron chi connectivity index (χ3n) is 2.06. The second-order valence-corrected chi connectivity index (χ2v) is 4.52. The lowest BCUT2D eigenvalue weighted by molar-refractivity contribution is 0.0384. The predicted molar refractivity (Wildman–Crippen MR) is 65.9 cm³/mol. The highest BCUT2D eigenvalue weighted by atomic mass is 32.1. The fourth-order valence-corrected chi connectivity index (χ4v) is 1.95. The minimum Gasteiger partial charge on any atom is -0.459 e. The maximum Gasteiger partial charge on any atom is 0.352 e. The van der Waals surface area contributed by atoms with Crippen LogP contribution in [0.15, 0.2) is 30.3 Å². The molecule has 1 aromatic heterocycles. The van der Waals surface area contributed by atoms with Crippen LogP contribution in [0, 0.1) is 0 Å². The molecule has 0 aliphatic carbocycles. The van der Waals surface area contributed by atoms with E-state index in [9.17, 15) is 4.79 Å². The van der Waals surface area contributed by atoms with Crippen molar-refractivity contribution in [1.29, 1.82) is 0 Å². The first kappa shape index (κ1) is 11.7. The average Bonchev–Trinajstić information content (AvgIpc) is 2.78. The van der Waals surface area contributed by atoms with E-state index in [1.54, 1.807) is 0 Å². The van der Waals surface area contributed by atoms with Crippen molar-refractivity contribution < 1.29 is 9.53 Å². The van der Waals surface area contributed by atoms with Gasteiger partial charge in [0.1, 0.15) is 5.69 Å². The molecule has 1 aromatic carbocycles. The first-order valence-electron chi connectivity index (χ1n) is 5.27. The number of carbonyl (C=O) groups is 1. The van der Waals surface area contributed by atoms with Crippen molar-refractivity contribution in [3.8, 4) is 11.3 Å². The summed E-state index contributed by atoms with van der Waals surface area (Å²) >= 11 is 1.06. The number of hydrogen-bond acceptors (Lipinski definition) is 5. The Morgan fingerprint density at radius 1 is 1.29 bits per heavy atom. The summed E-state index contributed by atoms with van der Waals surface area (Å²) in [5.41, 5.74) is 1.46. The summed E-state index contributed by atoms with van der Waals surface area (Å²) in [6.45, 7) is 3.63. The van der Waals surface area contributed by atoms with Crippen LogP contribution in [0.25, 0.3) is 11.3 Å². The van der Waals surface area contributed by atoms with Crippen molar-refractivity contribution in [2.45, 2.75) is 20.0 Å². The lowest BCUT2D eigenvalue weighted by atomic mass is 10.1. The monoisotopic (exact) mass is 248 g/mol. The number of benzene rings is 1. The molecule has 0 amide bonds. The lowest BCUT2D eigenvalue weighted by Crippen LogP contribution is -2.11. The molecule has 0 saturated carbocycles. The van der Waals surface area contributed by atoms with Crippen LogP contribution in [-0.4, -0.2) is 21.7 Å². The summed E-state index contributed by atoms with van der Waals surface area (Å²) < 4.78 is 8.97. The molecule has 1 heterocycles. The van der Waals surface area contributed by atoms with Crippen molar-refractivity contribution in [3.05, 3.63) is 35.2 Å². The summed E-state index contributed by atoms with van der Waals surface area (Å²) in [6, 6.07) is 9.49. The van der Waals surface area contributed by atoms with Crippen LogP contribution in [0.3, 0.4) is 0 Å². The van der Waals surface area contributed by atoms with Crippen LogP contribution in [-0.2, 0) is 4.74 Å². The number of esters is 1. The van der Waals surface area contributed by atoms with Crippen LogP contribution in [0.2, 0.25) is 0 Å². The fourth-order valence-electron chi connectivity index (χ4n) is 1.38. The van der Waals surface area contributed by atoms with E-state index in [4.69, 9.17) is 4.74 Å². The number of ether oxygens (including phenoxy) is 1. The molecule has 0 bridgehead atoms. The zero-order valence-electron chi connectivity index (χ0n) is 9.58. The molecule has 4 nitrogen and oxygen atoms in total. The summed E-state index contributed by atoms with van der Waals surface area (Å²) in [4.78, 5) is 12.3. The third-order valence-corrected chi connectivity index (χ3v) is 2.77. The van der Waals surface area contributed by atoms with Gasteiger partial charge in [-0.25, -0.2) is 4.79 Å². The maximum atomic E-state index is 11.8. The molecule has 0 atom stereocenters. The summed E-state index contributed by atoms with van der Waals surface area (Å²) in [6.07, 6.45) is -0.145. The Labute approximate surface area is 103 Å². The van der Waals surface area contributed by atoms with Gasteiger partial charge in [0.05, 0.1) is 6.10 Å². The molecule has 2 aromatic rings. The summed E-state index contributed by atoms with van der Waals surface area (Å²) in [5, 5.41) is 3.98. The highest BCUT2D eigenvalue weighted by Crippen LogP contribution is 2.24. The van der Waals surface area contributed by atoms with Crippen molar-refractivity contribution in [1.82, 2.24) is 9.59 Å². The smallest absolute Gasteiger partial charge is 0.352 e. The maximum absolute atomic E-state index is 11.8. The Bertz CT molecular complexity index is 508. The van der Waals surface area contributed by atoms with Gasteiger partial charge in [-0.05, 0) is 25.4 Å². The van der Waals surface area contributed by atoms with Gasteiger partial charge in [0.2, 0.25) is 0 Å². The minimum absolute atomic E-state index is 0.145. The number of rotatable bonds is 3. The molecular weight excluding hydrogens is 236 g/mol. The molecule has 0 spiro atoms. The van der Waals surface area contributed by atoms with Gasteiger partial charge in [-0.3, -0.25) is 0 Å². The topological polar surface area (TPSA) is 52.1 Å². The highest BCUT2D eigenvalue weighted by molar-refractivity contribution is 7.08. The molecule has 0 unspecified atom stereocenters. The molecule has 0 fully saturated rings. The first-order chi connectivity index (χ1) is 8.18. The fraction of sp³-hybridized carbons (Fsp3) is 0.250. The largest absolute Gasteiger partial charge is 0.459 e. The van der Waals surface area contributed by atoms with E-state index in [1.165, 1.54) is 0 Å². The number of hydrogen-bond donors (Lipinski definition) is 0. The van der Waals surface area contributed by atoms with E-state index < -0.39 is 0 Å². The van der Waals surface area contributed by atoms with Gasteiger partial charge >= 0.3 is 5.97 Å². The third kappa shape index (κ3) is 2.68. The first-order valence-corrected chi connectivity index (χ1v) is 6.04. The van der Waals surface area contributed by atoms with Crippen molar-refractivity contribution in [2.75, 3.05) is 0 Å². The zero-order chi connectivity index (χ0) is 12.3. The van der Waals surface area contributed by atoms with Gasteiger partial charge in [-0.1, -0.05) is 34.8 Å². The Balaban J connectivity index is 2.32. The number of nitrogens with zero attached hydrogens (tertiary/aromatic N) is 2. The summed E-state index contributed by atoms with van der Waals surface area (Å²) in [7, 11) is 0. The second-order valence-electron chi connectivity index (χ2n) is 3.77. The molecule has 2 rings (SSSR count). The minimum atomic E-state index is -0.367. The standard InChI is InChI=1S/C12H12N2O2S/c1-8(2)16-12(15)11-10(13-14-17-11)9-6-4-3-5-7-9/h3-8H,1-2H3. The van der Waals surface area contributed by atoms with E-state index in [1.807, 2.05) is 44.2 Å². The van der Waals surface area contributed by atoms with E-state index in [0.29, 0.717) is 10.6 Å². The van der Waals surface area contributed by atoms with Gasteiger partial charge in [0.15, 0.2) is 4.88 Å². The zero-order valence-corrected chi connectivity index (χ0v) is 10.4. The van der Waals surface area contributed by atoms with E-state index >= 15 is 0 Å². The molecule has 0 saturated heterocycles. The van der Waals surface area contributed by atoms with Crippen molar-refractivity contribution in [2.24, 2.45) is 0 Å². The molecule has 0 radical (unpaired) electrons. The Morgan fingerprint density at radius 3 is 2.65 bits per heavy atom. The Kier molecular flexibility index (Phi) is 3.49. The van der Waals surface area contributed by atoms with Gasteiger partial charge in [0, 0.05) is 5.56 Å². The van der Waals surface area contributed by atoms with Crippen LogP contribution >= 0.6 is 11.5 Å². The quantitative estimate of drug-likeness (QED) is 0.784. The van der Waals surface area contributed by atoms with Gasteiger partial charge < -0.3 is 4.74 Å². The lowest BCUT2D eigenvalue weighted by Gasteiger charge is -2.06. The Morgan fingerprint density at radius 2 is 2.00 bits per heavy atom. The highest BCUT2D eigenvalue weighted by Gasteiger charge is 2.19. The van der Waals surface area contributed by atoms with Crippen molar-refractivity contribution in [3.63, 3.8) is 0 Å². The molecule has 88 valence electrons. The van der Waals surface area contributed by atoms with Gasteiger partial charge in [-0.15, -0.1) is 5.10 Å². The molecule has 5 heteroatoms. The normalized spacial score (nSPS) is 10.5. The number of aromatic nitrogens is 2. The molecular formula is C12H12N2O2S. The molecule has 0 N–H and O–H groups in total. The van der Waals surface area contributed by atoms with Crippen molar-refractivity contribution >= 4 is 17.5 Å². The van der Waals surface area contributed by atoms with Crippen LogP contribution < -0.4 is 0 Å². The van der Waals surface area contributed by atoms with Crippen LogP contribution in [0.1, 0.15) is 23.5 Å². The summed E-state index contributed by atoms with van der Waals surface area (Å²) in [5.74, 6) is -0.367. The molecule has 0 aliphatic heterocycles. The van der Waals surface area contributed by atoms with Crippen LogP contribution in [0.5, 0.6) is 0 Å². The molecule has 0 aliphatic rings. The second kappa shape index (κ2) is 5.05. The van der Waals surface area contributed by atoms with Gasteiger partial charge in [-0.2, -0.15) is 0 Å². The van der Waals surface area contributed by atoms with Crippen LogP contribution in [0.4, 0.5) is 0 Å². The van der Waals surface area contributed by atoms with E-state index in [0.717, 1.165) is 17.1 Å². The Hall–Kier alpha value is -1.75.